The summed E-state index contributed by atoms with van der Waals surface area (Å²) in [5, 5.41) is 0. The zero-order valence-electron chi connectivity index (χ0n) is 11.3. The van der Waals surface area contributed by atoms with Crippen LogP contribution in [0.3, 0.4) is 0 Å². The second kappa shape index (κ2) is 6.34. The standard InChI is InChI=1S/C10H8F3O.C4H7O2.Sn/c11-10(12,13)14-9-3-1-2-8(6-9)7-4-5-7;1-2-6-4-3-5-1;/h1,3,6-7H,4-5H2;1H,2-4H2;. The maximum atomic E-state index is 12.3. The van der Waals surface area contributed by atoms with Gasteiger partial charge in [0.05, 0.1) is 0 Å². The molecule has 1 aliphatic carbocycles. The Labute approximate surface area is 131 Å². The first-order valence-corrected chi connectivity index (χ1v) is 9.94. The van der Waals surface area contributed by atoms with E-state index < -0.39 is 27.5 Å². The summed E-state index contributed by atoms with van der Waals surface area (Å²) in [5.74, 6) is 0.274. The second-order valence-corrected chi connectivity index (χ2v) is 9.35. The monoisotopic (exact) mass is 408 g/mol. The molecule has 1 aliphatic heterocycles. The first kappa shape index (κ1) is 15.4. The van der Waals surface area contributed by atoms with Gasteiger partial charge in [-0.25, -0.2) is 0 Å². The van der Waals surface area contributed by atoms with E-state index >= 15 is 0 Å². The fraction of sp³-hybridized carbons (Fsp3) is 0.571. The Balaban J connectivity index is 1.76. The first-order valence-electron chi connectivity index (χ1n) is 6.87. The number of ether oxygens (including phenoxy) is 3. The fourth-order valence-electron chi connectivity index (χ4n) is 2.35. The number of hydrogen-bond donors (Lipinski definition) is 0. The van der Waals surface area contributed by atoms with Gasteiger partial charge in [-0.3, -0.25) is 0 Å². The van der Waals surface area contributed by atoms with Crippen LogP contribution in [0, 0.1) is 0 Å². The quantitative estimate of drug-likeness (QED) is 0.717. The van der Waals surface area contributed by atoms with E-state index in [2.05, 4.69) is 4.74 Å². The molecule has 1 aromatic carbocycles. The van der Waals surface area contributed by atoms with E-state index in [1.165, 1.54) is 9.65 Å². The molecule has 0 aromatic heterocycles. The number of alkyl halides is 3. The molecule has 3 nitrogen and oxygen atoms in total. The Morgan fingerprint density at radius 3 is 2.62 bits per heavy atom. The van der Waals surface area contributed by atoms with Gasteiger partial charge >= 0.3 is 131 Å². The molecular weight excluding hydrogens is 392 g/mol. The topological polar surface area (TPSA) is 27.7 Å². The maximum absolute atomic E-state index is 12.3. The van der Waals surface area contributed by atoms with Crippen LogP contribution in [-0.2, 0) is 9.47 Å². The molecule has 1 aromatic rings. The Morgan fingerprint density at radius 2 is 2.00 bits per heavy atom. The van der Waals surface area contributed by atoms with E-state index in [1.807, 2.05) is 0 Å². The third kappa shape index (κ3) is 4.50. The molecule has 2 fully saturated rings. The molecule has 0 amide bonds. The minimum absolute atomic E-state index is 0.117. The van der Waals surface area contributed by atoms with Gasteiger partial charge in [0.1, 0.15) is 0 Å². The molecule has 0 spiro atoms. The molecule has 1 saturated carbocycles. The van der Waals surface area contributed by atoms with E-state index in [-0.39, 0.29) is 9.87 Å². The van der Waals surface area contributed by atoms with Gasteiger partial charge in [0.25, 0.3) is 0 Å². The van der Waals surface area contributed by atoms with Crippen LogP contribution >= 0.6 is 0 Å². The van der Waals surface area contributed by atoms with Crippen LogP contribution in [-0.4, -0.2) is 51.4 Å². The Morgan fingerprint density at radius 1 is 1.19 bits per heavy atom. The van der Waals surface area contributed by atoms with Gasteiger partial charge in [-0.1, -0.05) is 0 Å². The van der Waals surface area contributed by atoms with Crippen LogP contribution in [0.5, 0.6) is 5.75 Å². The van der Waals surface area contributed by atoms with E-state index in [9.17, 15) is 13.2 Å². The Hall–Kier alpha value is -0.471. The zero-order valence-corrected chi connectivity index (χ0v) is 14.1. The summed E-state index contributed by atoms with van der Waals surface area (Å²) < 4.78 is 53.4. The first-order chi connectivity index (χ1) is 10.0. The molecule has 21 heavy (non-hydrogen) atoms. The summed E-state index contributed by atoms with van der Waals surface area (Å²) in [4.78, 5) is 0. The number of benzene rings is 1. The third-order valence-electron chi connectivity index (χ3n) is 3.41. The van der Waals surface area contributed by atoms with E-state index in [4.69, 9.17) is 9.47 Å². The van der Waals surface area contributed by atoms with Crippen molar-refractivity contribution in [3.63, 3.8) is 0 Å². The van der Waals surface area contributed by atoms with Crippen molar-refractivity contribution in [2.24, 2.45) is 0 Å². The second-order valence-electron chi connectivity index (χ2n) is 5.15. The van der Waals surface area contributed by atoms with Crippen molar-refractivity contribution >= 4 is 24.7 Å². The van der Waals surface area contributed by atoms with E-state index in [0.717, 1.165) is 18.4 Å². The average molecular weight is 407 g/mol. The molecule has 1 atom stereocenters. The molecule has 0 bridgehead atoms. The predicted octanol–water partition coefficient (Wildman–Crippen LogP) is 2.17. The van der Waals surface area contributed by atoms with Gasteiger partial charge in [0, 0.05) is 0 Å². The molecule has 1 heterocycles. The predicted molar refractivity (Wildman–Crippen MR) is 71.0 cm³/mol. The molecular formula is C14H15F3O3Sn. The third-order valence-corrected chi connectivity index (χ3v) is 7.46. The normalized spacial score (nSPS) is 23.1. The van der Waals surface area contributed by atoms with Crippen LogP contribution in [0.2, 0.25) is 0 Å². The van der Waals surface area contributed by atoms with Crippen molar-refractivity contribution in [2.45, 2.75) is 29.2 Å². The molecule has 3 rings (SSSR count). The van der Waals surface area contributed by atoms with Crippen LogP contribution in [0.25, 0.3) is 0 Å². The summed E-state index contributed by atoms with van der Waals surface area (Å²) in [5.41, 5.74) is 1.03. The fourth-order valence-corrected chi connectivity index (χ4v) is 6.26. The van der Waals surface area contributed by atoms with Crippen molar-refractivity contribution in [1.29, 1.82) is 0 Å². The Kier molecular flexibility index (Phi) is 4.65. The molecule has 0 N–H and O–H groups in total. The SMILES string of the molecule is FC(F)(F)Oc1cc[c]([Sn][CH]2COCCO2)c(C2CC2)c1. The van der Waals surface area contributed by atoms with E-state index in [0.29, 0.717) is 25.7 Å². The zero-order chi connectivity index (χ0) is 14.9. The summed E-state index contributed by atoms with van der Waals surface area (Å²) in [6, 6.07) is 4.77. The molecule has 2 aliphatic rings. The summed E-state index contributed by atoms with van der Waals surface area (Å²) >= 11 is -1.04. The van der Waals surface area contributed by atoms with Crippen molar-refractivity contribution in [3.05, 3.63) is 23.8 Å². The van der Waals surface area contributed by atoms with Crippen molar-refractivity contribution in [3.8, 4) is 5.75 Å². The molecule has 1 saturated heterocycles. The number of halogens is 3. The van der Waals surface area contributed by atoms with Gasteiger partial charge in [-0.15, -0.1) is 0 Å². The molecule has 2 radical (unpaired) electrons. The summed E-state index contributed by atoms with van der Waals surface area (Å²) in [7, 11) is 0. The van der Waals surface area contributed by atoms with Crippen LogP contribution in [0.4, 0.5) is 13.2 Å². The Bertz CT molecular complexity index is 497. The van der Waals surface area contributed by atoms with Crippen molar-refractivity contribution in [2.75, 3.05) is 19.8 Å². The van der Waals surface area contributed by atoms with Gasteiger partial charge < -0.3 is 0 Å². The van der Waals surface area contributed by atoms with Gasteiger partial charge in [-0.05, 0) is 0 Å². The summed E-state index contributed by atoms with van der Waals surface area (Å²) in [6.07, 6.45) is -2.55. The number of rotatable bonds is 4. The van der Waals surface area contributed by atoms with E-state index in [1.54, 1.807) is 12.1 Å². The molecule has 7 heteroatoms. The minimum atomic E-state index is -4.64. The molecule has 114 valence electrons. The van der Waals surface area contributed by atoms with Crippen LogP contribution < -0.4 is 8.32 Å². The van der Waals surface area contributed by atoms with Crippen LogP contribution in [0.1, 0.15) is 24.3 Å². The van der Waals surface area contributed by atoms with Gasteiger partial charge in [-0.2, -0.15) is 0 Å². The van der Waals surface area contributed by atoms with Crippen molar-refractivity contribution < 1.29 is 27.4 Å². The average Bonchev–Trinajstić information content (AvgIpc) is 3.24. The van der Waals surface area contributed by atoms with Gasteiger partial charge in [0.15, 0.2) is 0 Å². The van der Waals surface area contributed by atoms with Gasteiger partial charge in [0.2, 0.25) is 0 Å². The summed E-state index contributed by atoms with van der Waals surface area (Å²) in [6.45, 7) is 1.85. The molecule has 1 unspecified atom stereocenters. The van der Waals surface area contributed by atoms with Crippen molar-refractivity contribution in [1.82, 2.24) is 0 Å². The van der Waals surface area contributed by atoms with Crippen LogP contribution in [0.15, 0.2) is 18.2 Å². The number of hydrogen-bond acceptors (Lipinski definition) is 3.